The van der Waals surface area contributed by atoms with Crippen molar-refractivity contribution < 1.29 is 0 Å². The van der Waals surface area contributed by atoms with Gasteiger partial charge in [-0.2, -0.15) is 0 Å². The van der Waals surface area contributed by atoms with Gasteiger partial charge >= 0.3 is 0 Å². The summed E-state index contributed by atoms with van der Waals surface area (Å²) in [6.07, 6.45) is 0. The number of halogens is 1. The van der Waals surface area contributed by atoms with Gasteiger partial charge in [0.25, 0.3) is 0 Å². The molecule has 2 aromatic rings. The maximum Gasteiger partial charge on any atom is 0.103 e. The SMILES string of the molecule is CC(N)c1csc(CSc2cccc(Cl)c2)n1. The molecule has 2 nitrogen and oxygen atoms in total. The fraction of sp³-hybridized carbons (Fsp3) is 0.250. The summed E-state index contributed by atoms with van der Waals surface area (Å²) in [7, 11) is 0. The Morgan fingerprint density at radius 1 is 1.53 bits per heavy atom. The Labute approximate surface area is 114 Å². The molecule has 0 radical (unpaired) electrons. The molecule has 0 spiro atoms. The topological polar surface area (TPSA) is 38.9 Å². The van der Waals surface area contributed by atoms with Crippen LogP contribution in [0.2, 0.25) is 5.02 Å². The van der Waals surface area contributed by atoms with Gasteiger partial charge in [-0.05, 0) is 25.1 Å². The molecule has 1 unspecified atom stereocenters. The molecule has 2 N–H and O–H groups in total. The number of rotatable bonds is 4. The molecule has 1 atom stereocenters. The van der Waals surface area contributed by atoms with Crippen LogP contribution in [-0.4, -0.2) is 4.98 Å². The van der Waals surface area contributed by atoms with Crippen molar-refractivity contribution in [1.29, 1.82) is 0 Å². The van der Waals surface area contributed by atoms with Crippen molar-refractivity contribution >= 4 is 34.7 Å². The number of nitrogens with two attached hydrogens (primary N) is 1. The molecule has 0 amide bonds. The van der Waals surface area contributed by atoms with Gasteiger partial charge in [-0.15, -0.1) is 23.1 Å². The minimum absolute atomic E-state index is 0.0103. The van der Waals surface area contributed by atoms with E-state index in [4.69, 9.17) is 17.3 Å². The molecular formula is C12H13ClN2S2. The van der Waals surface area contributed by atoms with Crippen LogP contribution in [0.4, 0.5) is 0 Å². The number of thiazole rings is 1. The second-order valence-corrected chi connectivity index (χ2v) is 6.13. The molecule has 0 bridgehead atoms. The first-order valence-electron chi connectivity index (χ1n) is 5.23. The Balaban J connectivity index is 1.97. The average Bonchev–Trinajstić information content (AvgIpc) is 2.75. The lowest BCUT2D eigenvalue weighted by molar-refractivity contribution is 0.785. The van der Waals surface area contributed by atoms with Crippen LogP contribution in [-0.2, 0) is 5.75 Å². The van der Waals surface area contributed by atoms with Crippen molar-refractivity contribution in [2.24, 2.45) is 5.73 Å². The number of aromatic nitrogens is 1. The molecule has 1 heterocycles. The van der Waals surface area contributed by atoms with Crippen LogP contribution in [0.15, 0.2) is 34.5 Å². The highest BCUT2D eigenvalue weighted by molar-refractivity contribution is 7.98. The van der Waals surface area contributed by atoms with E-state index in [1.165, 1.54) is 0 Å². The largest absolute Gasteiger partial charge is 0.323 e. The van der Waals surface area contributed by atoms with Gasteiger partial charge in [0.2, 0.25) is 0 Å². The first-order chi connectivity index (χ1) is 8.15. The molecular weight excluding hydrogens is 272 g/mol. The van der Waals surface area contributed by atoms with E-state index in [9.17, 15) is 0 Å². The van der Waals surface area contributed by atoms with Crippen molar-refractivity contribution in [3.05, 3.63) is 45.4 Å². The van der Waals surface area contributed by atoms with Crippen molar-refractivity contribution in [2.45, 2.75) is 23.6 Å². The summed E-state index contributed by atoms with van der Waals surface area (Å²) in [5, 5.41) is 3.89. The third-order valence-corrected chi connectivity index (χ3v) is 4.48. The molecule has 0 aliphatic rings. The second kappa shape index (κ2) is 5.87. The smallest absolute Gasteiger partial charge is 0.103 e. The van der Waals surface area contributed by atoms with E-state index in [-0.39, 0.29) is 6.04 Å². The fourth-order valence-corrected chi connectivity index (χ4v) is 3.43. The number of thioether (sulfide) groups is 1. The molecule has 1 aromatic heterocycles. The van der Waals surface area contributed by atoms with Crippen molar-refractivity contribution in [2.75, 3.05) is 0 Å². The summed E-state index contributed by atoms with van der Waals surface area (Å²) in [5.41, 5.74) is 6.74. The minimum atomic E-state index is 0.0103. The van der Waals surface area contributed by atoms with Gasteiger partial charge in [0.1, 0.15) is 5.01 Å². The summed E-state index contributed by atoms with van der Waals surface area (Å²) in [4.78, 5) is 5.65. The lowest BCUT2D eigenvalue weighted by Gasteiger charge is -2.00. The van der Waals surface area contributed by atoms with Crippen molar-refractivity contribution in [3.8, 4) is 0 Å². The average molecular weight is 285 g/mol. The lowest BCUT2D eigenvalue weighted by Crippen LogP contribution is -2.05. The van der Waals surface area contributed by atoms with Gasteiger partial charge in [-0.3, -0.25) is 0 Å². The van der Waals surface area contributed by atoms with E-state index in [2.05, 4.69) is 11.1 Å². The maximum absolute atomic E-state index is 5.93. The van der Waals surface area contributed by atoms with Gasteiger partial charge in [0, 0.05) is 21.3 Å². The molecule has 0 aliphatic carbocycles. The van der Waals surface area contributed by atoms with E-state index < -0.39 is 0 Å². The standard InChI is InChI=1S/C12H13ClN2S2/c1-8(14)11-6-17-12(15-11)7-16-10-4-2-3-9(13)5-10/h2-6,8H,7,14H2,1H3. The van der Waals surface area contributed by atoms with Crippen LogP contribution in [0.5, 0.6) is 0 Å². The highest BCUT2D eigenvalue weighted by atomic mass is 35.5. The molecule has 0 fully saturated rings. The van der Waals surface area contributed by atoms with E-state index in [0.717, 1.165) is 26.4 Å². The van der Waals surface area contributed by atoms with Crippen LogP contribution in [0.3, 0.4) is 0 Å². The Morgan fingerprint density at radius 3 is 3.00 bits per heavy atom. The molecule has 17 heavy (non-hydrogen) atoms. The van der Waals surface area contributed by atoms with Crippen molar-refractivity contribution in [3.63, 3.8) is 0 Å². The first-order valence-corrected chi connectivity index (χ1v) is 7.47. The van der Waals surface area contributed by atoms with Gasteiger partial charge in [-0.25, -0.2) is 4.98 Å². The van der Waals surface area contributed by atoms with Crippen LogP contribution in [0.25, 0.3) is 0 Å². The monoisotopic (exact) mass is 284 g/mol. The molecule has 90 valence electrons. The predicted molar refractivity (Wildman–Crippen MR) is 75.7 cm³/mol. The molecule has 0 saturated heterocycles. The van der Waals surface area contributed by atoms with Gasteiger partial charge in [-0.1, -0.05) is 17.7 Å². The van der Waals surface area contributed by atoms with Crippen LogP contribution < -0.4 is 5.73 Å². The van der Waals surface area contributed by atoms with E-state index >= 15 is 0 Å². The molecule has 0 saturated carbocycles. The molecule has 5 heteroatoms. The minimum Gasteiger partial charge on any atom is -0.323 e. The zero-order chi connectivity index (χ0) is 12.3. The highest BCUT2D eigenvalue weighted by Gasteiger charge is 2.06. The van der Waals surface area contributed by atoms with Crippen LogP contribution >= 0.6 is 34.7 Å². The van der Waals surface area contributed by atoms with Gasteiger partial charge in [0.15, 0.2) is 0 Å². The van der Waals surface area contributed by atoms with E-state index in [1.807, 2.05) is 30.5 Å². The third-order valence-electron chi connectivity index (χ3n) is 2.19. The van der Waals surface area contributed by atoms with E-state index in [0.29, 0.717) is 0 Å². The summed E-state index contributed by atoms with van der Waals surface area (Å²) in [6, 6.07) is 7.86. The fourth-order valence-electron chi connectivity index (χ4n) is 1.30. The number of hydrogen-bond donors (Lipinski definition) is 1. The lowest BCUT2D eigenvalue weighted by atomic mass is 10.3. The molecule has 2 rings (SSSR count). The normalized spacial score (nSPS) is 12.6. The summed E-state index contributed by atoms with van der Waals surface area (Å²) < 4.78 is 0. The highest BCUT2D eigenvalue weighted by Crippen LogP contribution is 2.27. The summed E-state index contributed by atoms with van der Waals surface area (Å²) in [5.74, 6) is 0.859. The summed E-state index contributed by atoms with van der Waals surface area (Å²) >= 11 is 9.32. The third kappa shape index (κ3) is 3.71. The molecule has 1 aromatic carbocycles. The number of benzene rings is 1. The zero-order valence-electron chi connectivity index (χ0n) is 9.39. The Hall–Kier alpha value is -0.550. The zero-order valence-corrected chi connectivity index (χ0v) is 11.8. The van der Waals surface area contributed by atoms with Gasteiger partial charge < -0.3 is 5.73 Å². The quantitative estimate of drug-likeness (QED) is 0.859. The van der Waals surface area contributed by atoms with E-state index in [1.54, 1.807) is 23.1 Å². The predicted octanol–water partition coefficient (Wildman–Crippen LogP) is 4.11. The Bertz CT molecular complexity index is 497. The maximum atomic E-state index is 5.93. The van der Waals surface area contributed by atoms with Crippen LogP contribution in [0, 0.1) is 0 Å². The summed E-state index contributed by atoms with van der Waals surface area (Å²) in [6.45, 7) is 1.95. The number of nitrogens with zero attached hydrogens (tertiary/aromatic N) is 1. The second-order valence-electron chi connectivity index (χ2n) is 3.70. The Kier molecular flexibility index (Phi) is 4.45. The Morgan fingerprint density at radius 2 is 2.35 bits per heavy atom. The van der Waals surface area contributed by atoms with Crippen molar-refractivity contribution in [1.82, 2.24) is 4.98 Å². The van der Waals surface area contributed by atoms with Gasteiger partial charge in [0.05, 0.1) is 11.4 Å². The molecule has 0 aliphatic heterocycles. The number of hydrogen-bond acceptors (Lipinski definition) is 4. The van der Waals surface area contributed by atoms with Crippen LogP contribution in [0.1, 0.15) is 23.7 Å². The first kappa shape index (κ1) is 12.9.